The van der Waals surface area contributed by atoms with Crippen LogP contribution in [0, 0.1) is 12.8 Å². The number of nitrogens with one attached hydrogen (secondary N) is 1. The molecule has 1 aromatic rings. The molecule has 0 amide bonds. The molecule has 3 nitrogen and oxygen atoms in total. The number of rotatable bonds is 2. The molecule has 1 atom stereocenters. The van der Waals surface area contributed by atoms with Gasteiger partial charge in [-0.2, -0.15) is 13.2 Å². The van der Waals surface area contributed by atoms with Crippen LogP contribution in [0.3, 0.4) is 0 Å². The van der Waals surface area contributed by atoms with Gasteiger partial charge in [0.2, 0.25) is 0 Å². The van der Waals surface area contributed by atoms with Gasteiger partial charge in [0.1, 0.15) is 5.75 Å². The van der Waals surface area contributed by atoms with Crippen LogP contribution in [-0.4, -0.2) is 39.5 Å². The molecule has 1 aromatic carbocycles. The van der Waals surface area contributed by atoms with Crippen molar-refractivity contribution >= 4 is 5.69 Å². The van der Waals surface area contributed by atoms with E-state index in [4.69, 9.17) is 4.74 Å². The lowest BCUT2D eigenvalue weighted by Crippen LogP contribution is -2.38. The summed E-state index contributed by atoms with van der Waals surface area (Å²) in [7, 11) is 1.57. The second-order valence-corrected chi connectivity index (χ2v) is 5.04. The minimum atomic E-state index is -4.17. The molecule has 1 unspecified atom stereocenters. The summed E-state index contributed by atoms with van der Waals surface area (Å²) < 4.78 is 44.0. The summed E-state index contributed by atoms with van der Waals surface area (Å²) in [5.74, 6) is -0.627. The van der Waals surface area contributed by atoms with Gasteiger partial charge in [-0.3, -0.25) is 0 Å². The smallest absolute Gasteiger partial charge is 0.394 e. The molecule has 1 aliphatic rings. The highest BCUT2D eigenvalue weighted by Gasteiger charge is 2.41. The predicted molar refractivity (Wildman–Crippen MR) is 72.4 cm³/mol. The second-order valence-electron chi connectivity index (χ2n) is 5.04. The van der Waals surface area contributed by atoms with E-state index in [0.29, 0.717) is 18.8 Å². The first kappa shape index (κ1) is 15.0. The van der Waals surface area contributed by atoms with Crippen molar-refractivity contribution in [2.24, 2.45) is 5.92 Å². The summed E-state index contributed by atoms with van der Waals surface area (Å²) in [4.78, 5) is 1.80. The van der Waals surface area contributed by atoms with Gasteiger partial charge in [0.15, 0.2) is 0 Å². The molecule has 6 heteroatoms. The minimum absolute atomic E-state index is 0.0102. The molecule has 2 rings (SSSR count). The van der Waals surface area contributed by atoms with Gasteiger partial charge in [0, 0.05) is 31.9 Å². The van der Waals surface area contributed by atoms with Crippen LogP contribution in [0.25, 0.3) is 0 Å². The zero-order chi connectivity index (χ0) is 14.8. The van der Waals surface area contributed by atoms with Gasteiger partial charge in [-0.25, -0.2) is 0 Å². The van der Waals surface area contributed by atoms with E-state index in [1.54, 1.807) is 18.1 Å². The van der Waals surface area contributed by atoms with Crippen LogP contribution in [0.4, 0.5) is 18.9 Å². The highest BCUT2D eigenvalue weighted by atomic mass is 19.4. The number of ether oxygens (including phenoxy) is 1. The van der Waals surface area contributed by atoms with Crippen molar-refractivity contribution < 1.29 is 17.9 Å². The van der Waals surface area contributed by atoms with Crippen molar-refractivity contribution in [2.45, 2.75) is 13.1 Å². The summed E-state index contributed by atoms with van der Waals surface area (Å²) in [5.41, 5.74) is 1.76. The Morgan fingerprint density at radius 2 is 2.10 bits per heavy atom. The molecule has 0 radical (unpaired) electrons. The van der Waals surface area contributed by atoms with Crippen LogP contribution in [0.2, 0.25) is 0 Å². The Balaban J connectivity index is 2.22. The minimum Gasteiger partial charge on any atom is -0.497 e. The zero-order valence-electron chi connectivity index (χ0n) is 11.6. The average molecular weight is 288 g/mol. The summed E-state index contributed by atoms with van der Waals surface area (Å²) >= 11 is 0. The van der Waals surface area contributed by atoms with Crippen LogP contribution >= 0.6 is 0 Å². The van der Waals surface area contributed by atoms with Gasteiger partial charge in [0.05, 0.1) is 13.0 Å². The monoisotopic (exact) mass is 288 g/mol. The largest absolute Gasteiger partial charge is 0.497 e. The molecule has 1 heterocycles. The van der Waals surface area contributed by atoms with Gasteiger partial charge < -0.3 is 15.0 Å². The third kappa shape index (κ3) is 3.36. The van der Waals surface area contributed by atoms with Crippen LogP contribution in [0.5, 0.6) is 5.75 Å². The number of hydrogen-bond donors (Lipinski definition) is 1. The summed E-state index contributed by atoms with van der Waals surface area (Å²) in [6.07, 6.45) is -4.17. The van der Waals surface area contributed by atoms with Gasteiger partial charge in [-0.15, -0.1) is 0 Å². The Hall–Kier alpha value is -1.43. The van der Waals surface area contributed by atoms with E-state index in [1.807, 2.05) is 19.1 Å². The molecule has 0 bridgehead atoms. The van der Waals surface area contributed by atoms with E-state index in [-0.39, 0.29) is 13.1 Å². The van der Waals surface area contributed by atoms with Crippen LogP contribution < -0.4 is 15.0 Å². The normalized spacial score (nSPS) is 20.6. The zero-order valence-corrected chi connectivity index (χ0v) is 11.6. The maximum absolute atomic E-state index is 12.9. The third-order valence-electron chi connectivity index (χ3n) is 3.60. The lowest BCUT2D eigenvalue weighted by molar-refractivity contribution is -0.169. The first-order chi connectivity index (χ1) is 9.41. The third-order valence-corrected chi connectivity index (χ3v) is 3.60. The van der Waals surface area contributed by atoms with E-state index >= 15 is 0 Å². The number of methoxy groups -OCH3 is 1. The van der Waals surface area contributed by atoms with Gasteiger partial charge in [-0.1, -0.05) is 0 Å². The molecule has 1 N–H and O–H groups in total. The molecule has 0 aliphatic carbocycles. The van der Waals surface area contributed by atoms with Crippen molar-refractivity contribution in [3.05, 3.63) is 23.8 Å². The topological polar surface area (TPSA) is 24.5 Å². The van der Waals surface area contributed by atoms with Crippen molar-refractivity contribution in [1.82, 2.24) is 5.32 Å². The molecular weight excluding hydrogens is 269 g/mol. The number of benzene rings is 1. The van der Waals surface area contributed by atoms with Crippen molar-refractivity contribution in [3.8, 4) is 5.75 Å². The molecule has 0 saturated carbocycles. The highest BCUT2D eigenvalue weighted by Crippen LogP contribution is 2.31. The number of nitrogens with zero attached hydrogens (tertiary/aromatic N) is 1. The van der Waals surface area contributed by atoms with Crippen molar-refractivity contribution in [1.29, 1.82) is 0 Å². The number of halogens is 3. The van der Waals surface area contributed by atoms with Gasteiger partial charge in [0.25, 0.3) is 0 Å². The lowest BCUT2D eigenvalue weighted by Gasteiger charge is -2.28. The van der Waals surface area contributed by atoms with Crippen LogP contribution in [0.1, 0.15) is 5.56 Å². The van der Waals surface area contributed by atoms with E-state index < -0.39 is 12.1 Å². The fraction of sp³-hybridized carbons (Fsp3) is 0.571. The molecule has 1 saturated heterocycles. The first-order valence-corrected chi connectivity index (χ1v) is 6.59. The number of alkyl halides is 3. The first-order valence-electron chi connectivity index (χ1n) is 6.59. The number of aryl methyl sites for hydroxylation is 1. The standard InChI is InChI=1S/C14H19F3N2O/c1-10-7-12(20-2)3-4-13(10)19-6-5-18-8-11(9-19)14(15,16)17/h3-4,7,11,18H,5-6,8-9H2,1-2H3. The SMILES string of the molecule is COc1ccc(N2CCNCC(C(F)(F)F)C2)c(C)c1. The van der Waals surface area contributed by atoms with E-state index in [9.17, 15) is 13.2 Å². The molecule has 0 spiro atoms. The maximum Gasteiger partial charge on any atom is 0.394 e. The maximum atomic E-state index is 12.9. The van der Waals surface area contributed by atoms with Crippen LogP contribution in [-0.2, 0) is 0 Å². The molecule has 1 aliphatic heterocycles. The Labute approximate surface area is 116 Å². The van der Waals surface area contributed by atoms with E-state index in [1.165, 1.54) is 0 Å². The second kappa shape index (κ2) is 5.91. The number of anilines is 1. The Morgan fingerprint density at radius 3 is 2.70 bits per heavy atom. The molecule has 1 fully saturated rings. The van der Waals surface area contributed by atoms with Crippen molar-refractivity contribution in [3.63, 3.8) is 0 Å². The van der Waals surface area contributed by atoms with Crippen molar-refractivity contribution in [2.75, 3.05) is 38.2 Å². The van der Waals surface area contributed by atoms with E-state index in [0.717, 1.165) is 11.3 Å². The highest BCUT2D eigenvalue weighted by molar-refractivity contribution is 5.56. The Kier molecular flexibility index (Phi) is 4.42. The van der Waals surface area contributed by atoms with Crippen LogP contribution in [0.15, 0.2) is 18.2 Å². The Morgan fingerprint density at radius 1 is 1.35 bits per heavy atom. The molecule has 0 aromatic heterocycles. The van der Waals surface area contributed by atoms with E-state index in [2.05, 4.69) is 5.32 Å². The fourth-order valence-corrected chi connectivity index (χ4v) is 2.46. The summed E-state index contributed by atoms with van der Waals surface area (Å²) in [6, 6.07) is 5.45. The average Bonchev–Trinajstić information content (AvgIpc) is 2.63. The number of hydrogen-bond acceptors (Lipinski definition) is 3. The molecular formula is C14H19F3N2O. The summed E-state index contributed by atoms with van der Waals surface area (Å²) in [5, 5.41) is 2.86. The van der Waals surface area contributed by atoms with Gasteiger partial charge in [-0.05, 0) is 30.7 Å². The molecule has 112 valence electrons. The fourth-order valence-electron chi connectivity index (χ4n) is 2.46. The predicted octanol–water partition coefficient (Wildman–Crippen LogP) is 2.59. The lowest BCUT2D eigenvalue weighted by atomic mass is 10.1. The van der Waals surface area contributed by atoms with Gasteiger partial charge >= 0.3 is 6.18 Å². The molecule has 20 heavy (non-hydrogen) atoms. The summed E-state index contributed by atoms with van der Waals surface area (Å²) in [6.45, 7) is 2.98. The quantitative estimate of drug-likeness (QED) is 0.905. The Bertz CT molecular complexity index is 462.